The molecule has 1 heterocycles. The number of hydrogen-bond acceptors (Lipinski definition) is 4. The Morgan fingerprint density at radius 3 is 2.41 bits per heavy atom. The predicted molar refractivity (Wildman–Crippen MR) is 126 cm³/mol. The molecule has 3 atom stereocenters. The highest BCUT2D eigenvalue weighted by Gasteiger charge is 2.64. The molecule has 0 amide bonds. The van der Waals surface area contributed by atoms with Gasteiger partial charge in [-0.25, -0.2) is 8.42 Å². The summed E-state index contributed by atoms with van der Waals surface area (Å²) < 4.78 is 34.7. The molecule has 1 aliphatic heterocycles. The van der Waals surface area contributed by atoms with E-state index in [0.717, 1.165) is 23.2 Å². The fourth-order valence-corrected chi connectivity index (χ4v) is 7.94. The third kappa shape index (κ3) is 3.43. The van der Waals surface area contributed by atoms with Crippen LogP contribution in [-0.2, 0) is 25.0 Å². The number of aryl methyl sites for hydroxylation is 1. The predicted octanol–water partition coefficient (Wildman–Crippen LogP) is 5.22. The van der Waals surface area contributed by atoms with Crippen molar-refractivity contribution < 1.29 is 17.9 Å². The van der Waals surface area contributed by atoms with Gasteiger partial charge in [0.05, 0.1) is 23.2 Å². The van der Waals surface area contributed by atoms with Gasteiger partial charge in [-0.2, -0.15) is 0 Å². The lowest BCUT2D eigenvalue weighted by molar-refractivity contribution is -0.143. The van der Waals surface area contributed by atoms with Crippen LogP contribution in [0.25, 0.3) is 0 Å². The van der Waals surface area contributed by atoms with E-state index in [9.17, 15) is 13.2 Å². The maximum atomic E-state index is 13.9. The Labute approximate surface area is 191 Å². The maximum Gasteiger partial charge on any atom is 0.305 e. The summed E-state index contributed by atoms with van der Waals surface area (Å²) in [7, 11) is -3.73. The Hall–Kier alpha value is -2.34. The van der Waals surface area contributed by atoms with Crippen molar-refractivity contribution in [3.05, 3.63) is 59.7 Å². The minimum absolute atomic E-state index is 0.125. The van der Waals surface area contributed by atoms with Crippen molar-refractivity contribution in [2.24, 2.45) is 11.3 Å². The minimum Gasteiger partial charge on any atom is -0.466 e. The molecule has 1 fully saturated rings. The van der Waals surface area contributed by atoms with Gasteiger partial charge < -0.3 is 4.74 Å². The van der Waals surface area contributed by atoms with Crippen molar-refractivity contribution in [3.8, 4) is 0 Å². The largest absolute Gasteiger partial charge is 0.466 e. The van der Waals surface area contributed by atoms with Crippen molar-refractivity contribution in [3.63, 3.8) is 0 Å². The van der Waals surface area contributed by atoms with E-state index in [4.69, 9.17) is 4.74 Å². The summed E-state index contributed by atoms with van der Waals surface area (Å²) >= 11 is 0. The molecule has 2 aliphatic rings. The van der Waals surface area contributed by atoms with Gasteiger partial charge >= 0.3 is 5.97 Å². The van der Waals surface area contributed by atoms with Crippen molar-refractivity contribution in [2.45, 2.75) is 70.2 Å². The Morgan fingerprint density at radius 2 is 1.75 bits per heavy atom. The number of sulfonamides is 1. The normalized spacial score (nSPS) is 26.0. The van der Waals surface area contributed by atoms with Crippen LogP contribution < -0.4 is 4.31 Å². The average Bonchev–Trinajstić information content (AvgIpc) is 3.09. The molecule has 2 aromatic rings. The van der Waals surface area contributed by atoms with Crippen LogP contribution in [0, 0.1) is 18.3 Å². The van der Waals surface area contributed by atoms with E-state index in [2.05, 4.69) is 26.8 Å². The van der Waals surface area contributed by atoms with E-state index in [1.807, 2.05) is 44.2 Å². The molecular formula is C26H33NO4S. The van der Waals surface area contributed by atoms with E-state index in [1.54, 1.807) is 16.4 Å². The zero-order valence-corrected chi connectivity index (χ0v) is 20.4. The molecule has 4 rings (SSSR count). The van der Waals surface area contributed by atoms with Crippen LogP contribution >= 0.6 is 0 Å². The number of fused-ring (bicyclic) bond motifs is 3. The fourth-order valence-electron chi connectivity index (χ4n) is 6.19. The van der Waals surface area contributed by atoms with Gasteiger partial charge in [-0.1, -0.05) is 56.7 Å². The topological polar surface area (TPSA) is 63.7 Å². The lowest BCUT2D eigenvalue weighted by Crippen LogP contribution is -2.45. The molecular weight excluding hydrogens is 422 g/mol. The van der Waals surface area contributed by atoms with E-state index in [0.29, 0.717) is 24.3 Å². The zero-order chi connectivity index (χ0) is 23.3. The molecule has 0 aromatic heterocycles. The van der Waals surface area contributed by atoms with Crippen LogP contribution in [0.4, 0.5) is 5.69 Å². The number of anilines is 1. The van der Waals surface area contributed by atoms with Gasteiger partial charge in [0, 0.05) is 11.8 Å². The number of nitrogens with zero attached hydrogens (tertiary/aromatic N) is 1. The number of carbonyl (C=O) groups is 1. The lowest BCUT2D eigenvalue weighted by atomic mass is 9.66. The van der Waals surface area contributed by atoms with Crippen molar-refractivity contribution in [1.29, 1.82) is 0 Å². The lowest BCUT2D eigenvalue weighted by Gasteiger charge is -2.37. The number of hydrogen-bond donors (Lipinski definition) is 0. The zero-order valence-electron chi connectivity index (χ0n) is 19.6. The third-order valence-electron chi connectivity index (χ3n) is 7.60. The van der Waals surface area contributed by atoms with E-state index in [-0.39, 0.29) is 28.8 Å². The molecule has 1 saturated carbocycles. The smallest absolute Gasteiger partial charge is 0.305 e. The van der Waals surface area contributed by atoms with Crippen molar-refractivity contribution in [1.82, 2.24) is 0 Å². The molecule has 0 radical (unpaired) electrons. The summed E-state index contributed by atoms with van der Waals surface area (Å²) in [4.78, 5) is 12.5. The van der Waals surface area contributed by atoms with Crippen LogP contribution in [0.3, 0.4) is 0 Å². The first kappa shape index (κ1) is 22.8. The highest BCUT2D eigenvalue weighted by Crippen LogP contribution is 2.64. The number of esters is 1. The van der Waals surface area contributed by atoms with E-state index >= 15 is 0 Å². The molecule has 172 valence electrons. The molecule has 0 bridgehead atoms. The van der Waals surface area contributed by atoms with Crippen LogP contribution in [0.5, 0.6) is 0 Å². The van der Waals surface area contributed by atoms with Crippen LogP contribution in [0.1, 0.15) is 58.1 Å². The minimum atomic E-state index is -3.73. The molecule has 32 heavy (non-hydrogen) atoms. The molecule has 0 saturated heterocycles. The van der Waals surface area contributed by atoms with Gasteiger partial charge in [-0.3, -0.25) is 9.10 Å². The number of ether oxygens (including phenoxy) is 1. The molecule has 6 heteroatoms. The van der Waals surface area contributed by atoms with Crippen LogP contribution in [0.2, 0.25) is 0 Å². The summed E-state index contributed by atoms with van der Waals surface area (Å²) in [5.74, 6) is -0.0467. The number of benzene rings is 2. The molecule has 0 spiro atoms. The fraction of sp³-hybridized carbons (Fsp3) is 0.500. The summed E-state index contributed by atoms with van der Waals surface area (Å²) in [6, 6.07) is 14.7. The molecule has 0 N–H and O–H groups in total. The van der Waals surface area contributed by atoms with Gasteiger partial charge in [-0.15, -0.1) is 0 Å². The quantitative estimate of drug-likeness (QED) is 0.560. The van der Waals surface area contributed by atoms with E-state index < -0.39 is 10.0 Å². The van der Waals surface area contributed by atoms with Gasteiger partial charge in [0.2, 0.25) is 0 Å². The van der Waals surface area contributed by atoms with Gasteiger partial charge in [0.1, 0.15) is 0 Å². The van der Waals surface area contributed by atoms with Crippen LogP contribution in [-0.4, -0.2) is 27.0 Å². The second-order valence-corrected chi connectivity index (χ2v) is 11.8. The summed E-state index contributed by atoms with van der Waals surface area (Å²) in [6.45, 7) is 10.7. The van der Waals surface area contributed by atoms with E-state index in [1.165, 1.54) is 0 Å². The van der Waals surface area contributed by atoms with Gasteiger partial charge in [-0.05, 0) is 61.8 Å². The standard InChI is InChI=1S/C26H33NO4S/c1-6-31-24(28)16-15-22-25(3,4)17-23-26(22,5)20-9-7-8-10-21(20)27(23)32(29,30)19-13-11-18(2)12-14-19/h7-14,22-23H,6,15-17H2,1-5H3/t22-,23-,26+/m0/s1. The van der Waals surface area contributed by atoms with Crippen molar-refractivity contribution >= 4 is 21.7 Å². The first-order chi connectivity index (χ1) is 15.0. The molecule has 0 unspecified atom stereocenters. The first-order valence-corrected chi connectivity index (χ1v) is 12.8. The number of rotatable bonds is 6. The van der Waals surface area contributed by atoms with Gasteiger partial charge in [0.25, 0.3) is 10.0 Å². The highest BCUT2D eigenvalue weighted by atomic mass is 32.2. The van der Waals surface area contributed by atoms with Crippen LogP contribution in [0.15, 0.2) is 53.4 Å². The second kappa shape index (κ2) is 7.91. The van der Waals surface area contributed by atoms with Gasteiger partial charge in [0.15, 0.2) is 0 Å². The molecule has 2 aromatic carbocycles. The maximum absolute atomic E-state index is 13.9. The SMILES string of the molecule is CCOC(=O)CC[C@H]1C(C)(C)C[C@@H]2N(S(=O)(=O)c3ccc(C)cc3)c3ccccc3[C@@]21C. The first-order valence-electron chi connectivity index (χ1n) is 11.4. The Morgan fingerprint density at radius 1 is 1.09 bits per heavy atom. The Kier molecular flexibility index (Phi) is 5.64. The monoisotopic (exact) mass is 455 g/mol. The Bertz CT molecular complexity index is 1120. The molecule has 5 nitrogen and oxygen atoms in total. The molecule has 1 aliphatic carbocycles. The average molecular weight is 456 g/mol. The number of carbonyl (C=O) groups excluding carboxylic acids is 1. The summed E-state index contributed by atoms with van der Waals surface area (Å²) in [5, 5.41) is 0. The second-order valence-electron chi connectivity index (χ2n) is 10.0. The Balaban J connectivity index is 1.80. The van der Waals surface area contributed by atoms with Crippen molar-refractivity contribution in [2.75, 3.05) is 10.9 Å². The summed E-state index contributed by atoms with van der Waals surface area (Å²) in [5.41, 5.74) is 2.33. The summed E-state index contributed by atoms with van der Waals surface area (Å²) in [6.07, 6.45) is 1.75. The third-order valence-corrected chi connectivity index (χ3v) is 9.44. The number of para-hydroxylation sites is 1. The highest BCUT2D eigenvalue weighted by molar-refractivity contribution is 7.92.